The summed E-state index contributed by atoms with van der Waals surface area (Å²) in [5, 5.41) is 24.5. The molecule has 2 atom stereocenters. The molecule has 0 saturated carbocycles. The molecule has 214 valence electrons. The van der Waals surface area contributed by atoms with Gasteiger partial charge in [-0.15, -0.1) is 11.8 Å². The fourth-order valence-corrected chi connectivity index (χ4v) is 9.15. The van der Waals surface area contributed by atoms with Crippen molar-refractivity contribution in [2.24, 2.45) is 21.6 Å². The normalized spacial score (nSPS) is 18.8. The molecule has 2 amide bonds. The van der Waals surface area contributed by atoms with E-state index in [1.807, 2.05) is 0 Å². The number of amides is 2. The molecule has 0 bridgehead atoms. The lowest BCUT2D eigenvalue weighted by Crippen LogP contribution is -2.71. The molecule has 2 aliphatic rings. The minimum atomic E-state index is -1.29. The first-order chi connectivity index (χ1) is 19.0. The number of hydrogen-bond donors (Lipinski definition) is 7. The molecule has 2 aromatic heterocycles. The van der Waals surface area contributed by atoms with Crippen LogP contribution in [0.25, 0.3) is 0 Å². The van der Waals surface area contributed by atoms with E-state index < -0.39 is 34.9 Å². The molecular formula is C19H21ClN10O5S5. The number of carboxylic acids is 1. The third-order valence-electron chi connectivity index (χ3n) is 5.23. The minimum Gasteiger partial charge on any atom is -0.477 e. The van der Waals surface area contributed by atoms with Crippen LogP contribution < -0.4 is 28.3 Å². The first-order valence-electron chi connectivity index (χ1n) is 10.9. The predicted molar refractivity (Wildman–Crippen MR) is 159 cm³/mol. The zero-order chi connectivity index (χ0) is 29.1. The van der Waals surface area contributed by atoms with Gasteiger partial charge in [-0.25, -0.2) is 14.8 Å². The Hall–Kier alpha value is -2.91. The summed E-state index contributed by atoms with van der Waals surface area (Å²) in [4.78, 5) is 51.8. The molecule has 2 aromatic rings. The molecule has 1 saturated heterocycles. The number of nitrogens with two attached hydrogens (primary N) is 4. The smallest absolute Gasteiger partial charge is 0.353 e. The van der Waals surface area contributed by atoms with E-state index in [9.17, 15) is 24.7 Å². The Labute approximate surface area is 251 Å². The number of carboxylic acid groups (broad SMARTS) is 1. The molecular weight excluding hydrogens is 644 g/mol. The van der Waals surface area contributed by atoms with Crippen LogP contribution in [0.2, 0.25) is 4.34 Å². The van der Waals surface area contributed by atoms with Crippen molar-refractivity contribution < 1.29 is 24.7 Å². The van der Waals surface area contributed by atoms with Crippen molar-refractivity contribution in [3.05, 3.63) is 26.3 Å². The number of thioether (sulfide) groups is 3. The zero-order valence-corrected chi connectivity index (χ0v) is 24.9. The number of β-lactam (4-membered cyclic amide) rings is 1. The fraction of sp³-hybridized carbons (Fsp3) is 0.316. The number of aliphatic carboxylic acids is 1. The maximum absolute atomic E-state index is 13.1. The van der Waals surface area contributed by atoms with E-state index in [0.717, 1.165) is 16.2 Å². The Morgan fingerprint density at radius 2 is 1.95 bits per heavy atom. The lowest BCUT2D eigenvalue weighted by Gasteiger charge is -2.49. The van der Waals surface area contributed by atoms with E-state index in [0.29, 0.717) is 38.0 Å². The number of nitrogens with one attached hydrogen (secondary N) is 1. The monoisotopic (exact) mass is 664 g/mol. The number of anilines is 2. The van der Waals surface area contributed by atoms with Crippen molar-refractivity contribution in [2.45, 2.75) is 21.4 Å². The number of oxime groups is 1. The molecule has 1 unspecified atom stereocenters. The third-order valence-corrected chi connectivity index (χ3v) is 10.9. The topological polar surface area (TPSA) is 262 Å². The second-order valence-corrected chi connectivity index (χ2v) is 14.0. The number of aromatic nitrogens is 2. The number of thiazole rings is 2. The molecule has 1 fully saturated rings. The quantitative estimate of drug-likeness (QED) is 0.0433. The van der Waals surface area contributed by atoms with Gasteiger partial charge in [0.05, 0.1) is 16.4 Å². The van der Waals surface area contributed by atoms with Gasteiger partial charge in [-0.2, -0.15) is 11.8 Å². The second-order valence-electron chi connectivity index (χ2n) is 7.81. The van der Waals surface area contributed by atoms with Gasteiger partial charge in [0.2, 0.25) is 0 Å². The molecule has 0 radical (unpaired) electrons. The Morgan fingerprint density at radius 1 is 1.23 bits per heavy atom. The molecule has 15 nitrogen and oxygen atoms in total. The van der Waals surface area contributed by atoms with Crippen LogP contribution in [0.4, 0.5) is 10.3 Å². The Kier molecular flexibility index (Phi) is 9.56. The van der Waals surface area contributed by atoms with Crippen molar-refractivity contribution in [3.8, 4) is 0 Å². The van der Waals surface area contributed by atoms with Gasteiger partial charge in [0.1, 0.15) is 27.1 Å². The molecule has 40 heavy (non-hydrogen) atoms. The highest BCUT2D eigenvalue weighted by Crippen LogP contribution is 2.47. The summed E-state index contributed by atoms with van der Waals surface area (Å²) < 4.78 is 0.739. The van der Waals surface area contributed by atoms with E-state index in [1.54, 1.807) is 0 Å². The van der Waals surface area contributed by atoms with E-state index in [4.69, 9.17) is 34.5 Å². The highest BCUT2D eigenvalue weighted by molar-refractivity contribution is 8.07. The Bertz CT molecular complexity index is 1440. The van der Waals surface area contributed by atoms with Gasteiger partial charge in [-0.3, -0.25) is 19.5 Å². The highest BCUT2D eigenvalue weighted by atomic mass is 35.5. The molecule has 21 heteroatoms. The van der Waals surface area contributed by atoms with Crippen LogP contribution in [0, 0.1) is 0 Å². The number of aliphatic imine (C=N–C) groups is 1. The van der Waals surface area contributed by atoms with Crippen LogP contribution in [0.3, 0.4) is 0 Å². The van der Waals surface area contributed by atoms with E-state index in [2.05, 4.69) is 25.4 Å². The number of halogens is 1. The average Bonchev–Trinajstić information content (AvgIpc) is 3.41. The van der Waals surface area contributed by atoms with Gasteiger partial charge in [0.25, 0.3) is 11.8 Å². The van der Waals surface area contributed by atoms with Crippen LogP contribution in [-0.2, 0) is 20.1 Å². The van der Waals surface area contributed by atoms with Crippen LogP contribution in [-0.4, -0.2) is 84.1 Å². The SMILES string of the molecule is NC(N)=NCCSCc1nc(N)sc1SC1=C(C(=O)O)N2C(=O)[C@@H](NC(=O)/C(=N\O)c3nc(N)sc3Cl)C2SC1. The van der Waals surface area contributed by atoms with Gasteiger partial charge in [0, 0.05) is 22.2 Å². The summed E-state index contributed by atoms with van der Waals surface area (Å²) in [7, 11) is 0. The summed E-state index contributed by atoms with van der Waals surface area (Å²) in [6.45, 7) is 0.437. The molecule has 0 aromatic carbocycles. The molecule has 11 N–H and O–H groups in total. The average molecular weight is 665 g/mol. The van der Waals surface area contributed by atoms with E-state index >= 15 is 0 Å². The summed E-state index contributed by atoms with van der Waals surface area (Å²) in [6.07, 6.45) is 0. The van der Waals surface area contributed by atoms with Crippen molar-refractivity contribution in [1.29, 1.82) is 0 Å². The standard InChI is InChI=1S/C19H21ClN10O5S5/c20-11-7(28-19(24)39-11)8(29-35)12(31)27-9-13(32)30-10(15(33)34)6(4-37-14(9)30)38-16-5(26-18(23)40-16)3-36-2-1-25-17(21)22/h9,14,35H,1-4H2,(H2,23,26)(H2,24,28)(H,27,31)(H,33,34)(H4,21,22,25)/b29-8-/t9-,14?/m1/s1. The van der Waals surface area contributed by atoms with Crippen LogP contribution in [0.1, 0.15) is 11.4 Å². The lowest BCUT2D eigenvalue weighted by molar-refractivity contribution is -0.150. The number of nitrogen functional groups attached to an aromatic ring is 2. The highest BCUT2D eigenvalue weighted by Gasteiger charge is 2.54. The lowest BCUT2D eigenvalue weighted by atomic mass is 10.0. The van der Waals surface area contributed by atoms with Crippen LogP contribution in [0.15, 0.2) is 25.0 Å². The number of carbonyl (C=O) groups excluding carboxylic acids is 2. The number of nitrogens with zero attached hydrogens (tertiary/aromatic N) is 5. The minimum absolute atomic E-state index is 0.00866. The van der Waals surface area contributed by atoms with Crippen molar-refractivity contribution >= 4 is 109 Å². The first kappa shape index (κ1) is 30.1. The van der Waals surface area contributed by atoms with Gasteiger partial charge < -0.3 is 38.6 Å². The summed E-state index contributed by atoms with van der Waals surface area (Å²) in [6, 6.07) is -1.07. The van der Waals surface area contributed by atoms with Gasteiger partial charge >= 0.3 is 5.97 Å². The summed E-state index contributed by atoms with van der Waals surface area (Å²) in [5.74, 6) is -1.45. The molecule has 0 spiro atoms. The predicted octanol–water partition coefficient (Wildman–Crippen LogP) is 0.591. The Balaban J connectivity index is 1.48. The number of guanidine groups is 1. The van der Waals surface area contributed by atoms with Crippen molar-refractivity contribution in [2.75, 3.05) is 29.5 Å². The fourth-order valence-electron chi connectivity index (χ4n) is 3.59. The molecule has 4 rings (SSSR count). The van der Waals surface area contributed by atoms with Gasteiger partial charge in [-0.1, -0.05) is 51.2 Å². The number of carbonyl (C=O) groups is 3. The van der Waals surface area contributed by atoms with Crippen molar-refractivity contribution in [3.63, 3.8) is 0 Å². The summed E-state index contributed by atoms with van der Waals surface area (Å²) in [5.41, 5.74) is 22.0. The van der Waals surface area contributed by atoms with E-state index in [-0.39, 0.29) is 32.6 Å². The second kappa shape index (κ2) is 12.7. The zero-order valence-electron chi connectivity index (χ0n) is 20.1. The number of rotatable bonds is 11. The molecule has 2 aliphatic heterocycles. The number of hydrogen-bond acceptors (Lipinski definition) is 15. The van der Waals surface area contributed by atoms with Crippen molar-refractivity contribution in [1.82, 2.24) is 20.2 Å². The largest absolute Gasteiger partial charge is 0.477 e. The maximum atomic E-state index is 13.1. The van der Waals surface area contributed by atoms with E-state index in [1.165, 1.54) is 46.6 Å². The maximum Gasteiger partial charge on any atom is 0.353 e. The Morgan fingerprint density at radius 3 is 2.58 bits per heavy atom. The molecule has 0 aliphatic carbocycles. The molecule has 4 heterocycles. The number of fused-ring (bicyclic) bond motifs is 1. The first-order valence-corrected chi connectivity index (χ1v) is 16.0. The van der Waals surface area contributed by atoms with Crippen LogP contribution >= 0.6 is 69.6 Å². The van der Waals surface area contributed by atoms with Gasteiger partial charge in [-0.05, 0) is 0 Å². The van der Waals surface area contributed by atoms with Crippen LogP contribution in [0.5, 0.6) is 0 Å². The third kappa shape index (κ3) is 6.36. The van der Waals surface area contributed by atoms with Gasteiger partial charge in [0.15, 0.2) is 21.9 Å². The summed E-state index contributed by atoms with van der Waals surface area (Å²) >= 11 is 12.1.